The maximum atomic E-state index is 13.1. The molecule has 7 nitrogen and oxygen atoms in total. The normalized spacial score (nSPS) is 12.0. The largest absolute Gasteiger partial charge is 0.370 e. The van der Waals surface area contributed by atoms with Crippen molar-refractivity contribution in [2.45, 2.75) is 30.2 Å². The number of primary amides is 1. The van der Waals surface area contributed by atoms with Crippen molar-refractivity contribution in [3.05, 3.63) is 35.9 Å². The third kappa shape index (κ3) is 4.79. The fourth-order valence-electron chi connectivity index (χ4n) is 1.92. The van der Waals surface area contributed by atoms with Crippen LogP contribution in [0.3, 0.4) is 0 Å². The molecule has 128 valence electrons. The monoisotopic (exact) mass is 351 g/mol. The van der Waals surface area contributed by atoms with Gasteiger partial charge in [-0.1, -0.05) is 17.8 Å². The van der Waals surface area contributed by atoms with Crippen molar-refractivity contribution in [2.24, 2.45) is 12.8 Å². The molecule has 0 saturated heterocycles. The number of aryl methyl sites for hydroxylation is 1. The zero-order valence-corrected chi connectivity index (χ0v) is 14.1. The lowest BCUT2D eigenvalue weighted by atomic mass is 10.3. The van der Waals surface area contributed by atoms with Crippen LogP contribution in [0.4, 0.5) is 10.1 Å². The number of amides is 2. The molecule has 0 aliphatic rings. The molecule has 9 heteroatoms. The van der Waals surface area contributed by atoms with Crippen LogP contribution in [0.15, 0.2) is 29.4 Å². The summed E-state index contributed by atoms with van der Waals surface area (Å²) in [4.78, 5) is 23.0. The molecule has 0 spiro atoms. The minimum Gasteiger partial charge on any atom is -0.370 e. The Balaban J connectivity index is 1.97. The number of nitrogens with zero attached hydrogens (tertiary/aromatic N) is 3. The summed E-state index contributed by atoms with van der Waals surface area (Å²) in [5, 5.41) is 10.8. The second-order valence-corrected chi connectivity index (χ2v) is 6.49. The lowest BCUT2D eigenvalue weighted by Gasteiger charge is -2.11. The first-order valence-electron chi connectivity index (χ1n) is 7.26. The first-order valence-corrected chi connectivity index (χ1v) is 8.14. The maximum absolute atomic E-state index is 13.1. The van der Waals surface area contributed by atoms with Crippen LogP contribution in [0.2, 0.25) is 0 Å². The molecule has 2 amide bonds. The molecule has 1 atom stereocenters. The number of nitrogens with two attached hydrogens (primary N) is 1. The summed E-state index contributed by atoms with van der Waals surface area (Å²) >= 11 is 1.22. The molecule has 2 rings (SSSR count). The molecule has 0 saturated carbocycles. The van der Waals surface area contributed by atoms with Gasteiger partial charge in [0, 0.05) is 25.6 Å². The summed E-state index contributed by atoms with van der Waals surface area (Å²) in [7, 11) is 1.76. The number of hydrogen-bond acceptors (Lipinski definition) is 5. The van der Waals surface area contributed by atoms with Crippen molar-refractivity contribution in [1.82, 2.24) is 14.8 Å². The van der Waals surface area contributed by atoms with Gasteiger partial charge in [-0.2, -0.15) is 0 Å². The summed E-state index contributed by atoms with van der Waals surface area (Å²) < 4.78 is 14.9. The van der Waals surface area contributed by atoms with Gasteiger partial charge in [-0.15, -0.1) is 10.2 Å². The molecular weight excluding hydrogens is 333 g/mol. The van der Waals surface area contributed by atoms with E-state index >= 15 is 0 Å². The lowest BCUT2D eigenvalue weighted by molar-refractivity contribution is -0.118. The first kappa shape index (κ1) is 17.9. The Bertz CT molecular complexity index is 749. The highest BCUT2D eigenvalue weighted by molar-refractivity contribution is 8.00. The van der Waals surface area contributed by atoms with Crippen LogP contribution in [0.25, 0.3) is 0 Å². The highest BCUT2D eigenvalue weighted by atomic mass is 32.2. The quantitative estimate of drug-likeness (QED) is 0.736. The summed E-state index contributed by atoms with van der Waals surface area (Å²) in [6.07, 6.45) is 0.579. The summed E-state index contributed by atoms with van der Waals surface area (Å²) in [5.41, 5.74) is 5.52. The van der Waals surface area contributed by atoms with Gasteiger partial charge < -0.3 is 15.6 Å². The van der Waals surface area contributed by atoms with E-state index in [2.05, 4.69) is 15.5 Å². The van der Waals surface area contributed by atoms with Gasteiger partial charge in [0.05, 0.1) is 5.25 Å². The number of anilines is 1. The Morgan fingerprint density at radius 1 is 1.42 bits per heavy atom. The SMILES string of the molecule is C[C@H](Sc1nnc(CCC(N)=O)n1C)C(=O)Nc1cccc(F)c1. The Kier molecular flexibility index (Phi) is 5.91. The molecule has 24 heavy (non-hydrogen) atoms. The molecule has 0 aliphatic heterocycles. The molecule has 0 fully saturated rings. The van der Waals surface area contributed by atoms with Crippen molar-refractivity contribution in [2.75, 3.05) is 5.32 Å². The van der Waals surface area contributed by atoms with E-state index < -0.39 is 17.0 Å². The van der Waals surface area contributed by atoms with Gasteiger partial charge in [0.25, 0.3) is 0 Å². The van der Waals surface area contributed by atoms with Crippen LogP contribution < -0.4 is 11.1 Å². The topological polar surface area (TPSA) is 103 Å². The summed E-state index contributed by atoms with van der Waals surface area (Å²) in [6.45, 7) is 1.72. The predicted octanol–water partition coefficient (Wildman–Crippen LogP) is 1.49. The number of halogens is 1. The minimum atomic E-state index is -0.458. The van der Waals surface area contributed by atoms with Crippen LogP contribution in [0.1, 0.15) is 19.2 Å². The van der Waals surface area contributed by atoms with Crippen LogP contribution in [-0.4, -0.2) is 31.8 Å². The van der Waals surface area contributed by atoms with Crippen LogP contribution in [-0.2, 0) is 23.1 Å². The maximum Gasteiger partial charge on any atom is 0.237 e. The van der Waals surface area contributed by atoms with Crippen molar-refractivity contribution in [1.29, 1.82) is 0 Å². The fraction of sp³-hybridized carbons (Fsp3) is 0.333. The predicted molar refractivity (Wildman–Crippen MR) is 88.9 cm³/mol. The van der Waals surface area contributed by atoms with E-state index in [0.717, 1.165) is 0 Å². The number of aromatic nitrogens is 3. The number of nitrogens with one attached hydrogen (secondary N) is 1. The standard InChI is InChI=1S/C15H18FN5O2S/c1-9(14(23)18-11-5-3-4-10(16)8-11)24-15-20-19-13(21(15)2)7-6-12(17)22/h3-5,8-9H,6-7H2,1-2H3,(H2,17,22)(H,18,23)/t9-/m0/s1. The van der Waals surface area contributed by atoms with Crippen molar-refractivity contribution in [3.8, 4) is 0 Å². The summed E-state index contributed by atoms with van der Waals surface area (Å²) in [5.74, 6) is -0.475. The Hall–Kier alpha value is -2.42. The number of thioether (sulfide) groups is 1. The zero-order valence-electron chi connectivity index (χ0n) is 13.3. The molecule has 0 unspecified atom stereocenters. The Morgan fingerprint density at radius 3 is 2.83 bits per heavy atom. The van der Waals surface area contributed by atoms with E-state index in [9.17, 15) is 14.0 Å². The molecule has 0 aliphatic carbocycles. The highest BCUT2D eigenvalue weighted by Crippen LogP contribution is 2.23. The lowest BCUT2D eigenvalue weighted by Crippen LogP contribution is -2.23. The number of benzene rings is 1. The van der Waals surface area contributed by atoms with E-state index in [4.69, 9.17) is 5.73 Å². The number of carbonyl (C=O) groups excluding carboxylic acids is 2. The number of hydrogen-bond donors (Lipinski definition) is 2. The fourth-order valence-corrected chi connectivity index (χ4v) is 2.76. The van der Waals surface area contributed by atoms with Crippen molar-refractivity contribution < 1.29 is 14.0 Å². The molecule has 1 aromatic heterocycles. The van der Waals surface area contributed by atoms with Gasteiger partial charge in [-0.05, 0) is 25.1 Å². The van der Waals surface area contributed by atoms with Gasteiger partial charge >= 0.3 is 0 Å². The van der Waals surface area contributed by atoms with E-state index in [-0.39, 0.29) is 12.3 Å². The molecular formula is C15H18FN5O2S. The van der Waals surface area contributed by atoms with Gasteiger partial charge in [0.2, 0.25) is 11.8 Å². The molecule has 0 bridgehead atoms. The average Bonchev–Trinajstić information content (AvgIpc) is 2.85. The molecule has 0 radical (unpaired) electrons. The highest BCUT2D eigenvalue weighted by Gasteiger charge is 2.19. The Labute approximate surface area is 142 Å². The molecule has 1 aromatic carbocycles. The van der Waals surface area contributed by atoms with Crippen LogP contribution >= 0.6 is 11.8 Å². The van der Waals surface area contributed by atoms with Gasteiger partial charge in [0.1, 0.15) is 11.6 Å². The van der Waals surface area contributed by atoms with Gasteiger partial charge in [-0.25, -0.2) is 4.39 Å². The van der Waals surface area contributed by atoms with Crippen molar-refractivity contribution in [3.63, 3.8) is 0 Å². The smallest absolute Gasteiger partial charge is 0.237 e. The van der Waals surface area contributed by atoms with Crippen molar-refractivity contribution >= 4 is 29.3 Å². The Morgan fingerprint density at radius 2 is 2.17 bits per heavy atom. The number of rotatable bonds is 7. The second kappa shape index (κ2) is 7.91. The number of carbonyl (C=O) groups is 2. The molecule has 2 aromatic rings. The van der Waals surface area contributed by atoms with Gasteiger partial charge in [0.15, 0.2) is 5.16 Å². The third-order valence-corrected chi connectivity index (χ3v) is 4.40. The van der Waals surface area contributed by atoms with E-state index in [1.165, 1.54) is 30.0 Å². The zero-order chi connectivity index (χ0) is 17.7. The summed E-state index contributed by atoms with van der Waals surface area (Å²) in [6, 6.07) is 5.69. The van der Waals surface area contributed by atoms with Crippen LogP contribution in [0.5, 0.6) is 0 Å². The third-order valence-electron chi connectivity index (χ3n) is 3.26. The second-order valence-electron chi connectivity index (χ2n) is 5.18. The van der Waals surface area contributed by atoms with Crippen LogP contribution in [0, 0.1) is 5.82 Å². The molecule has 3 N–H and O–H groups in total. The molecule has 1 heterocycles. The first-order chi connectivity index (χ1) is 11.4. The average molecular weight is 351 g/mol. The van der Waals surface area contributed by atoms with Gasteiger partial charge in [-0.3, -0.25) is 9.59 Å². The minimum absolute atomic E-state index is 0.187. The van der Waals surface area contributed by atoms with E-state index in [1.807, 2.05) is 0 Å². The van der Waals surface area contributed by atoms with E-state index in [1.54, 1.807) is 24.6 Å². The van der Waals surface area contributed by atoms with E-state index in [0.29, 0.717) is 23.1 Å².